The van der Waals surface area contributed by atoms with Crippen molar-refractivity contribution in [2.24, 2.45) is 0 Å². The fourth-order valence-electron chi connectivity index (χ4n) is 2.33. The molecule has 4 nitrogen and oxygen atoms in total. The summed E-state index contributed by atoms with van der Waals surface area (Å²) in [7, 11) is 0. The van der Waals surface area contributed by atoms with Crippen molar-refractivity contribution >= 4 is 28.4 Å². The zero-order valence-corrected chi connectivity index (χ0v) is 16.2. The average molecular weight is 353 g/mol. The molecule has 0 aliphatic carbocycles. The van der Waals surface area contributed by atoms with Gasteiger partial charge < -0.3 is 9.30 Å². The summed E-state index contributed by atoms with van der Waals surface area (Å²) in [6, 6.07) is 5.57. The first kappa shape index (κ1) is 20.7. The third-order valence-corrected chi connectivity index (χ3v) is 3.77. The number of fused-ring (bicyclic) bond motifs is 1. The summed E-state index contributed by atoms with van der Waals surface area (Å²) in [4.78, 5) is 16.0. The van der Waals surface area contributed by atoms with Crippen LogP contribution in [0.1, 0.15) is 63.6 Å². The van der Waals surface area contributed by atoms with E-state index in [1.807, 2.05) is 26.0 Å². The topological polar surface area (TPSA) is 44.1 Å². The molecule has 0 amide bonds. The molecule has 1 unspecified atom stereocenters. The molecule has 0 spiro atoms. The Balaban J connectivity index is 0.000000521. The highest BCUT2D eigenvalue weighted by Gasteiger charge is 2.21. The number of ether oxygens (including phenoxy) is 1. The summed E-state index contributed by atoms with van der Waals surface area (Å²) in [5.74, 6) is 1.24. The van der Waals surface area contributed by atoms with Crippen LogP contribution in [0.25, 0.3) is 11.0 Å². The lowest BCUT2D eigenvalue weighted by molar-refractivity contribution is -0.0589. The van der Waals surface area contributed by atoms with E-state index in [4.69, 9.17) is 16.3 Å². The van der Waals surface area contributed by atoms with E-state index in [0.29, 0.717) is 11.4 Å². The number of imidazole rings is 1. The van der Waals surface area contributed by atoms with Gasteiger partial charge in [0.05, 0.1) is 29.6 Å². The molecule has 0 radical (unpaired) electrons. The number of Topliss-reactive ketones (excluding diaryl/α,β-unsaturated/α-hetero) is 1. The van der Waals surface area contributed by atoms with Crippen molar-refractivity contribution in [2.45, 2.75) is 66.0 Å². The number of hydrogen-bond donors (Lipinski definition) is 0. The van der Waals surface area contributed by atoms with E-state index in [1.54, 1.807) is 13.0 Å². The normalized spacial score (nSPS) is 15.7. The van der Waals surface area contributed by atoms with Crippen molar-refractivity contribution in [3.8, 4) is 0 Å². The van der Waals surface area contributed by atoms with Crippen LogP contribution in [-0.2, 0) is 17.2 Å². The predicted octanol–water partition coefficient (Wildman–Crippen LogP) is 5.21. The zero-order valence-electron chi connectivity index (χ0n) is 15.4. The number of ketones is 1. The Morgan fingerprint density at radius 2 is 2.00 bits per heavy atom. The molecule has 2 aromatic rings. The summed E-state index contributed by atoms with van der Waals surface area (Å²) in [5.41, 5.74) is 2.53. The van der Waals surface area contributed by atoms with Crippen LogP contribution < -0.4 is 0 Å². The van der Waals surface area contributed by atoms with Crippen molar-refractivity contribution in [1.29, 1.82) is 0 Å². The SMILES string of the molecule is CC.CC(=O)c1ccc2nc(CCl)n(CC3CCO3)c2c1.CCC. The van der Waals surface area contributed by atoms with Crippen LogP contribution in [0.4, 0.5) is 0 Å². The van der Waals surface area contributed by atoms with Gasteiger partial charge in [0.2, 0.25) is 0 Å². The highest BCUT2D eigenvalue weighted by molar-refractivity contribution is 6.16. The number of nitrogens with zero attached hydrogens (tertiary/aromatic N) is 2. The first-order valence-electron chi connectivity index (χ1n) is 8.78. The van der Waals surface area contributed by atoms with Gasteiger partial charge >= 0.3 is 0 Å². The minimum atomic E-state index is 0.0574. The van der Waals surface area contributed by atoms with Crippen molar-refractivity contribution < 1.29 is 9.53 Å². The summed E-state index contributed by atoms with van der Waals surface area (Å²) in [6.45, 7) is 11.4. The highest BCUT2D eigenvalue weighted by Crippen LogP contribution is 2.23. The fourth-order valence-corrected chi connectivity index (χ4v) is 2.53. The van der Waals surface area contributed by atoms with Crippen LogP contribution in [0.15, 0.2) is 18.2 Å². The van der Waals surface area contributed by atoms with Gasteiger partial charge in [-0.2, -0.15) is 0 Å². The van der Waals surface area contributed by atoms with Crippen LogP contribution in [-0.4, -0.2) is 28.0 Å². The highest BCUT2D eigenvalue weighted by atomic mass is 35.5. The van der Waals surface area contributed by atoms with E-state index < -0.39 is 0 Å². The molecule has 0 saturated carbocycles. The maximum Gasteiger partial charge on any atom is 0.159 e. The summed E-state index contributed by atoms with van der Waals surface area (Å²) < 4.78 is 7.54. The number of alkyl halides is 1. The lowest BCUT2D eigenvalue weighted by Gasteiger charge is -2.27. The number of carbonyl (C=O) groups is 1. The molecule has 5 heteroatoms. The maximum absolute atomic E-state index is 11.5. The molecule has 1 fully saturated rings. The summed E-state index contributed by atoms with van der Waals surface area (Å²) in [6.07, 6.45) is 2.55. The van der Waals surface area contributed by atoms with Crippen molar-refractivity contribution in [1.82, 2.24) is 9.55 Å². The third-order valence-electron chi connectivity index (χ3n) is 3.53. The van der Waals surface area contributed by atoms with Gasteiger partial charge in [-0.15, -0.1) is 11.6 Å². The monoisotopic (exact) mass is 352 g/mol. The molecule has 24 heavy (non-hydrogen) atoms. The minimum absolute atomic E-state index is 0.0574. The van der Waals surface area contributed by atoms with Crippen LogP contribution in [0.3, 0.4) is 0 Å². The largest absolute Gasteiger partial charge is 0.376 e. The van der Waals surface area contributed by atoms with Gasteiger partial charge in [-0.1, -0.05) is 34.1 Å². The molecule has 1 atom stereocenters. The minimum Gasteiger partial charge on any atom is -0.376 e. The molecular weight excluding hydrogens is 324 g/mol. The van der Waals surface area contributed by atoms with Gasteiger partial charge in [-0.3, -0.25) is 4.79 Å². The summed E-state index contributed by atoms with van der Waals surface area (Å²) in [5, 5.41) is 0. The van der Waals surface area contributed by atoms with E-state index in [1.165, 1.54) is 6.42 Å². The van der Waals surface area contributed by atoms with E-state index in [0.717, 1.165) is 36.4 Å². The number of rotatable bonds is 4. The Bertz CT molecular complexity index is 648. The second-order valence-corrected chi connectivity index (χ2v) is 5.79. The molecule has 3 rings (SSSR count). The molecule has 0 bridgehead atoms. The third kappa shape index (κ3) is 5.05. The van der Waals surface area contributed by atoms with Gasteiger partial charge in [0.15, 0.2) is 5.78 Å². The predicted molar refractivity (Wildman–Crippen MR) is 101 cm³/mol. The lowest BCUT2D eigenvalue weighted by atomic mass is 10.1. The second-order valence-electron chi connectivity index (χ2n) is 5.52. The second kappa shape index (κ2) is 10.5. The quantitative estimate of drug-likeness (QED) is 0.560. The van der Waals surface area contributed by atoms with Crippen LogP contribution in [0.2, 0.25) is 0 Å². The van der Waals surface area contributed by atoms with E-state index in [9.17, 15) is 4.79 Å². The molecule has 134 valence electrons. The molecule has 1 saturated heterocycles. The van der Waals surface area contributed by atoms with Gasteiger partial charge in [0.1, 0.15) is 5.82 Å². The zero-order chi connectivity index (χ0) is 18.1. The molecule has 1 aromatic carbocycles. The first-order valence-corrected chi connectivity index (χ1v) is 9.31. The van der Waals surface area contributed by atoms with E-state index >= 15 is 0 Å². The number of hydrogen-bond acceptors (Lipinski definition) is 3. The Morgan fingerprint density at radius 1 is 1.38 bits per heavy atom. The molecular formula is C19H29ClN2O2. The lowest BCUT2D eigenvalue weighted by Crippen LogP contribution is -2.31. The number of aromatic nitrogens is 2. The number of carbonyl (C=O) groups excluding carboxylic acids is 1. The molecule has 1 aliphatic rings. The average Bonchev–Trinajstić information content (AvgIpc) is 2.90. The molecule has 0 N–H and O–H groups in total. The van der Waals surface area contributed by atoms with Crippen molar-refractivity contribution in [3.63, 3.8) is 0 Å². The Morgan fingerprint density at radius 3 is 2.46 bits per heavy atom. The van der Waals surface area contributed by atoms with Gasteiger partial charge in [-0.05, 0) is 31.5 Å². The molecule has 2 heterocycles. The Hall–Kier alpha value is -1.39. The van der Waals surface area contributed by atoms with Crippen LogP contribution in [0.5, 0.6) is 0 Å². The summed E-state index contributed by atoms with van der Waals surface area (Å²) >= 11 is 5.96. The van der Waals surface area contributed by atoms with Crippen molar-refractivity contribution in [3.05, 3.63) is 29.6 Å². The maximum atomic E-state index is 11.5. The van der Waals surface area contributed by atoms with Crippen molar-refractivity contribution in [2.75, 3.05) is 6.61 Å². The fraction of sp³-hybridized carbons (Fsp3) is 0.579. The number of halogens is 1. The first-order chi connectivity index (χ1) is 11.6. The van der Waals surface area contributed by atoms with Gasteiger partial charge in [0.25, 0.3) is 0 Å². The van der Waals surface area contributed by atoms with Crippen LogP contribution in [0, 0.1) is 0 Å². The molecule has 1 aromatic heterocycles. The van der Waals surface area contributed by atoms with E-state index in [2.05, 4.69) is 23.4 Å². The Labute approximate surface area is 150 Å². The van der Waals surface area contributed by atoms with Crippen LogP contribution >= 0.6 is 11.6 Å². The number of benzene rings is 1. The smallest absolute Gasteiger partial charge is 0.159 e. The Kier molecular flexibility index (Phi) is 9.01. The molecule has 1 aliphatic heterocycles. The van der Waals surface area contributed by atoms with Gasteiger partial charge in [-0.25, -0.2) is 4.98 Å². The van der Waals surface area contributed by atoms with E-state index in [-0.39, 0.29) is 11.9 Å². The standard InChI is InChI=1S/C14H15ClN2O2.C3H8.C2H6/c1-9(18)10-2-3-12-13(6-10)17(14(7-15)16-12)8-11-4-5-19-11;1-3-2;1-2/h2-3,6,11H,4-5,7-8H2,1H3;3H2,1-2H3;1-2H3. The van der Waals surface area contributed by atoms with Gasteiger partial charge in [0, 0.05) is 12.2 Å².